The van der Waals surface area contributed by atoms with Crippen LogP contribution in [0.3, 0.4) is 0 Å². The topological polar surface area (TPSA) is 183 Å². The molecule has 0 saturated heterocycles. The van der Waals surface area contributed by atoms with Crippen LogP contribution in [0.2, 0.25) is 0 Å². The number of primary amides is 1. The molecule has 0 heterocycles. The van der Waals surface area contributed by atoms with Crippen LogP contribution in [0.4, 0.5) is 4.79 Å². The van der Waals surface area contributed by atoms with Crippen molar-refractivity contribution in [2.24, 2.45) is 11.7 Å². The molecule has 12 heteroatoms. The third-order valence-corrected chi connectivity index (χ3v) is 4.54. The molecule has 0 aliphatic carbocycles. The fraction of sp³-hybridized carbons (Fsp3) is 0.500. The van der Waals surface area contributed by atoms with Crippen LogP contribution in [0, 0.1) is 5.92 Å². The molecule has 4 atom stereocenters. The Kier molecular flexibility index (Phi) is 12.1. The van der Waals surface area contributed by atoms with Crippen LogP contribution in [-0.2, 0) is 40.0 Å². The zero-order chi connectivity index (χ0) is 25.7. The Bertz CT molecular complexity index is 845. The lowest BCUT2D eigenvalue weighted by atomic mass is 9.94. The van der Waals surface area contributed by atoms with Crippen molar-refractivity contribution in [3.63, 3.8) is 0 Å². The lowest BCUT2D eigenvalue weighted by Crippen LogP contribution is -2.59. The maximum Gasteiger partial charge on any atom is 0.408 e. The number of amides is 3. The van der Waals surface area contributed by atoms with Gasteiger partial charge in [-0.1, -0.05) is 30.3 Å². The molecule has 34 heavy (non-hydrogen) atoms. The average Bonchev–Trinajstić information content (AvgIpc) is 2.78. The van der Waals surface area contributed by atoms with Crippen LogP contribution in [0.15, 0.2) is 30.3 Å². The van der Waals surface area contributed by atoms with Gasteiger partial charge < -0.3 is 35.7 Å². The normalized spacial score (nSPS) is 14.0. The molecule has 0 unspecified atom stereocenters. The van der Waals surface area contributed by atoms with E-state index >= 15 is 0 Å². The van der Waals surface area contributed by atoms with Gasteiger partial charge in [0.1, 0.15) is 18.7 Å². The molecule has 0 radical (unpaired) electrons. The van der Waals surface area contributed by atoms with Crippen molar-refractivity contribution < 1.29 is 43.3 Å². The minimum Gasteiger partial charge on any atom is -0.466 e. The van der Waals surface area contributed by atoms with Gasteiger partial charge >= 0.3 is 18.0 Å². The minimum absolute atomic E-state index is 0.0289. The number of rotatable bonds is 13. The summed E-state index contributed by atoms with van der Waals surface area (Å²) < 4.78 is 14.7. The summed E-state index contributed by atoms with van der Waals surface area (Å²) in [6.07, 6.45) is -3.01. The summed E-state index contributed by atoms with van der Waals surface area (Å²) in [7, 11) is 0. The van der Waals surface area contributed by atoms with E-state index in [-0.39, 0.29) is 19.8 Å². The van der Waals surface area contributed by atoms with E-state index in [0.29, 0.717) is 5.56 Å². The number of hydrogen-bond acceptors (Lipinski definition) is 9. The summed E-state index contributed by atoms with van der Waals surface area (Å²) in [5.74, 6) is -5.42. The van der Waals surface area contributed by atoms with Crippen LogP contribution in [-0.4, -0.2) is 66.4 Å². The number of nitrogens with one attached hydrogen (secondary N) is 2. The zero-order valence-electron chi connectivity index (χ0n) is 19.3. The number of aliphatic hydroxyl groups excluding tert-OH is 1. The van der Waals surface area contributed by atoms with Crippen LogP contribution in [0.25, 0.3) is 0 Å². The molecule has 0 aliphatic rings. The molecule has 5 N–H and O–H groups in total. The number of esters is 2. The molecule has 1 aromatic rings. The quantitative estimate of drug-likeness (QED) is 0.218. The fourth-order valence-corrected chi connectivity index (χ4v) is 2.90. The van der Waals surface area contributed by atoms with E-state index in [1.165, 1.54) is 13.8 Å². The number of carbonyl (C=O) groups excluding carboxylic acids is 5. The van der Waals surface area contributed by atoms with E-state index in [4.69, 9.17) is 19.9 Å². The van der Waals surface area contributed by atoms with Crippen molar-refractivity contribution in [3.05, 3.63) is 35.9 Å². The van der Waals surface area contributed by atoms with Gasteiger partial charge in [0.2, 0.25) is 11.8 Å². The summed E-state index contributed by atoms with van der Waals surface area (Å²) in [5.41, 5.74) is 6.07. The summed E-state index contributed by atoms with van der Waals surface area (Å²) in [4.78, 5) is 61.3. The van der Waals surface area contributed by atoms with Gasteiger partial charge in [0.05, 0.1) is 31.7 Å². The Labute approximate surface area is 197 Å². The first-order valence-electron chi connectivity index (χ1n) is 10.7. The van der Waals surface area contributed by atoms with E-state index in [9.17, 15) is 29.1 Å². The zero-order valence-corrected chi connectivity index (χ0v) is 19.3. The Hall–Kier alpha value is -3.67. The molecule has 0 bridgehead atoms. The van der Waals surface area contributed by atoms with Crippen molar-refractivity contribution >= 4 is 29.8 Å². The molecule has 0 aliphatic heterocycles. The van der Waals surface area contributed by atoms with Gasteiger partial charge in [-0.3, -0.25) is 19.2 Å². The van der Waals surface area contributed by atoms with Gasteiger partial charge in [-0.25, -0.2) is 4.79 Å². The van der Waals surface area contributed by atoms with Crippen LogP contribution in [0.5, 0.6) is 0 Å². The Morgan fingerprint density at radius 3 is 2.09 bits per heavy atom. The molecular weight excluding hydrogens is 450 g/mol. The molecule has 0 saturated carbocycles. The predicted molar refractivity (Wildman–Crippen MR) is 118 cm³/mol. The van der Waals surface area contributed by atoms with Gasteiger partial charge in [0, 0.05) is 0 Å². The smallest absolute Gasteiger partial charge is 0.408 e. The monoisotopic (exact) mass is 481 g/mol. The molecule has 1 aromatic carbocycles. The first-order valence-corrected chi connectivity index (χ1v) is 10.7. The number of carbonyl (C=O) groups is 5. The van der Waals surface area contributed by atoms with Crippen molar-refractivity contribution in [1.29, 1.82) is 0 Å². The highest BCUT2D eigenvalue weighted by molar-refractivity contribution is 5.95. The second-order valence-electron chi connectivity index (χ2n) is 7.18. The standard InChI is InChI=1S/C22H31N3O9/c1-4-32-16(27)11-15(21(30)33-5-2)18(19(23)28)24-20(29)17(13(3)26)25-22(31)34-12-14-9-7-6-8-10-14/h6-10,13,15,17-18,26H,4-5,11-12H2,1-3H3,(H2,23,28)(H,24,29)(H,25,31)/t13-,15+,17+,18-/m1/s1. The van der Waals surface area contributed by atoms with E-state index in [1.807, 2.05) is 0 Å². The van der Waals surface area contributed by atoms with Gasteiger partial charge in [0.15, 0.2) is 0 Å². The highest BCUT2D eigenvalue weighted by atomic mass is 16.6. The Morgan fingerprint density at radius 2 is 1.56 bits per heavy atom. The Balaban J connectivity index is 2.95. The van der Waals surface area contributed by atoms with Crippen molar-refractivity contribution in [2.45, 2.75) is 52.0 Å². The van der Waals surface area contributed by atoms with Crippen LogP contribution < -0.4 is 16.4 Å². The first kappa shape index (κ1) is 28.4. The van der Waals surface area contributed by atoms with E-state index in [1.54, 1.807) is 37.3 Å². The minimum atomic E-state index is -1.68. The first-order chi connectivity index (χ1) is 16.1. The lowest BCUT2D eigenvalue weighted by Gasteiger charge is -2.27. The maximum atomic E-state index is 12.8. The number of ether oxygens (including phenoxy) is 3. The number of hydrogen-bond donors (Lipinski definition) is 4. The molecule has 188 valence electrons. The summed E-state index contributed by atoms with van der Waals surface area (Å²) in [5, 5.41) is 14.4. The molecule has 3 amide bonds. The third-order valence-electron chi connectivity index (χ3n) is 4.54. The van der Waals surface area contributed by atoms with Crippen LogP contribution in [0.1, 0.15) is 32.8 Å². The lowest BCUT2D eigenvalue weighted by molar-refractivity contribution is -0.157. The van der Waals surface area contributed by atoms with Gasteiger partial charge in [0.25, 0.3) is 0 Å². The number of nitrogens with two attached hydrogens (primary N) is 1. The summed E-state index contributed by atoms with van der Waals surface area (Å²) >= 11 is 0. The molecule has 0 spiro atoms. The highest BCUT2D eigenvalue weighted by Crippen LogP contribution is 2.14. The number of alkyl carbamates (subject to hydrolysis) is 1. The van der Waals surface area contributed by atoms with E-state index in [0.717, 1.165) is 0 Å². The average molecular weight is 482 g/mol. The predicted octanol–water partition coefficient (Wildman–Crippen LogP) is -0.235. The summed E-state index contributed by atoms with van der Waals surface area (Å²) in [6.45, 7) is 4.19. The molecule has 1 rings (SSSR count). The Morgan fingerprint density at radius 1 is 0.941 bits per heavy atom. The second-order valence-corrected chi connectivity index (χ2v) is 7.18. The molecular formula is C22H31N3O9. The third kappa shape index (κ3) is 9.45. The molecule has 0 fully saturated rings. The van der Waals surface area contributed by atoms with Gasteiger partial charge in [-0.2, -0.15) is 0 Å². The maximum absolute atomic E-state index is 12.8. The van der Waals surface area contributed by atoms with Crippen molar-refractivity contribution in [1.82, 2.24) is 10.6 Å². The molecule has 0 aromatic heterocycles. The number of benzene rings is 1. The number of aliphatic hydroxyl groups is 1. The van der Waals surface area contributed by atoms with Gasteiger partial charge in [-0.15, -0.1) is 0 Å². The second kappa shape index (κ2) is 14.5. The fourth-order valence-electron chi connectivity index (χ4n) is 2.90. The van der Waals surface area contributed by atoms with Crippen molar-refractivity contribution in [2.75, 3.05) is 13.2 Å². The molecule has 12 nitrogen and oxygen atoms in total. The van der Waals surface area contributed by atoms with Crippen LogP contribution >= 0.6 is 0 Å². The van der Waals surface area contributed by atoms with Crippen molar-refractivity contribution in [3.8, 4) is 0 Å². The SMILES string of the molecule is CCOC(=O)C[C@H](C(=O)OCC)[C@@H](NC(=O)[C@@H](NC(=O)OCc1ccccc1)[C@@H](C)O)C(N)=O. The highest BCUT2D eigenvalue weighted by Gasteiger charge is 2.39. The van der Waals surface area contributed by atoms with E-state index in [2.05, 4.69) is 10.6 Å². The van der Waals surface area contributed by atoms with Gasteiger partial charge in [-0.05, 0) is 26.3 Å². The summed E-state index contributed by atoms with van der Waals surface area (Å²) in [6, 6.07) is 5.50. The largest absolute Gasteiger partial charge is 0.466 e. The van der Waals surface area contributed by atoms with E-state index < -0.39 is 60.4 Å².